The van der Waals surface area contributed by atoms with Gasteiger partial charge in [0.25, 0.3) is 0 Å². The molecule has 0 aliphatic carbocycles. The molecule has 1 fully saturated rings. The summed E-state index contributed by atoms with van der Waals surface area (Å²) in [4.78, 5) is 0.359. The van der Waals surface area contributed by atoms with Crippen molar-refractivity contribution in [2.45, 2.75) is 35.8 Å². The molecule has 1 aromatic carbocycles. The lowest BCUT2D eigenvalue weighted by atomic mass is 10.1. The van der Waals surface area contributed by atoms with E-state index in [4.69, 9.17) is 0 Å². The molecule has 1 atom stereocenters. The maximum Gasteiger partial charge on any atom is 0.240 e. The molecule has 6 heteroatoms. The molecule has 2 aliphatic heterocycles. The molecule has 20 heavy (non-hydrogen) atoms. The highest BCUT2D eigenvalue weighted by Gasteiger charge is 2.31. The van der Waals surface area contributed by atoms with Gasteiger partial charge in [-0.1, -0.05) is 6.07 Å². The van der Waals surface area contributed by atoms with Crippen LogP contribution in [-0.2, 0) is 16.4 Å². The zero-order chi connectivity index (χ0) is 14.2. The summed E-state index contributed by atoms with van der Waals surface area (Å²) in [6.45, 7) is 3.53. The predicted molar refractivity (Wildman–Crippen MR) is 83.9 cm³/mol. The highest BCUT2D eigenvalue weighted by atomic mass is 32.2. The molecule has 2 N–H and O–H groups in total. The van der Waals surface area contributed by atoms with Gasteiger partial charge < -0.3 is 5.32 Å². The predicted octanol–water partition coefficient (Wildman–Crippen LogP) is 2.22. The third-order valence-electron chi connectivity index (χ3n) is 4.04. The fourth-order valence-electron chi connectivity index (χ4n) is 2.74. The van der Waals surface area contributed by atoms with Crippen LogP contribution in [0.4, 0.5) is 5.69 Å². The van der Waals surface area contributed by atoms with Gasteiger partial charge in [0.2, 0.25) is 10.0 Å². The Morgan fingerprint density at radius 2 is 2.30 bits per heavy atom. The molecule has 0 radical (unpaired) electrons. The zero-order valence-electron chi connectivity index (χ0n) is 11.6. The molecule has 2 aliphatic rings. The first-order valence-electron chi connectivity index (χ1n) is 6.99. The van der Waals surface area contributed by atoms with E-state index in [0.717, 1.165) is 30.8 Å². The van der Waals surface area contributed by atoms with Crippen LogP contribution in [0.1, 0.15) is 25.3 Å². The van der Waals surface area contributed by atoms with Crippen LogP contribution < -0.4 is 10.0 Å². The highest BCUT2D eigenvalue weighted by Crippen LogP contribution is 2.37. The van der Waals surface area contributed by atoms with Gasteiger partial charge in [-0.3, -0.25) is 0 Å². The largest absolute Gasteiger partial charge is 0.384 e. The van der Waals surface area contributed by atoms with E-state index in [1.165, 1.54) is 12.0 Å². The van der Waals surface area contributed by atoms with Gasteiger partial charge in [0, 0.05) is 23.5 Å². The molecule has 0 bridgehead atoms. The normalized spacial score (nSPS) is 25.4. The second kappa shape index (κ2) is 5.24. The molecule has 110 valence electrons. The first-order chi connectivity index (χ1) is 9.49. The first kappa shape index (κ1) is 14.2. The maximum absolute atomic E-state index is 12.4. The summed E-state index contributed by atoms with van der Waals surface area (Å²) in [6, 6.07) is 5.36. The van der Waals surface area contributed by atoms with Crippen LogP contribution >= 0.6 is 11.8 Å². The molecule has 0 saturated carbocycles. The van der Waals surface area contributed by atoms with E-state index in [2.05, 4.69) is 17.0 Å². The summed E-state index contributed by atoms with van der Waals surface area (Å²) >= 11 is 1.86. The van der Waals surface area contributed by atoms with Gasteiger partial charge in [0.15, 0.2) is 0 Å². The minimum Gasteiger partial charge on any atom is -0.384 e. The van der Waals surface area contributed by atoms with Crippen LogP contribution in [-0.4, -0.2) is 32.0 Å². The smallest absolute Gasteiger partial charge is 0.240 e. The molecule has 4 nitrogen and oxygen atoms in total. The molecular formula is C14H20N2O2S2. The molecule has 1 saturated heterocycles. The Labute approximate surface area is 124 Å². The number of rotatable bonds is 4. The van der Waals surface area contributed by atoms with E-state index in [-0.39, 0.29) is 4.75 Å². The number of sulfonamides is 1. The van der Waals surface area contributed by atoms with Crippen molar-refractivity contribution in [1.82, 2.24) is 4.72 Å². The Bertz CT molecular complexity index is 608. The summed E-state index contributed by atoms with van der Waals surface area (Å²) in [5.41, 5.74) is 2.15. The number of anilines is 1. The summed E-state index contributed by atoms with van der Waals surface area (Å²) in [7, 11) is -3.41. The zero-order valence-corrected chi connectivity index (χ0v) is 13.2. The molecule has 0 spiro atoms. The van der Waals surface area contributed by atoms with Crippen LogP contribution in [0.5, 0.6) is 0 Å². The number of nitrogens with one attached hydrogen (secondary N) is 2. The van der Waals surface area contributed by atoms with E-state index in [1.807, 2.05) is 17.8 Å². The molecule has 0 amide bonds. The summed E-state index contributed by atoms with van der Waals surface area (Å²) in [5, 5.41) is 3.22. The van der Waals surface area contributed by atoms with Crippen LogP contribution in [0.2, 0.25) is 0 Å². The van der Waals surface area contributed by atoms with Gasteiger partial charge >= 0.3 is 0 Å². The first-order valence-corrected chi connectivity index (χ1v) is 9.46. The topological polar surface area (TPSA) is 58.2 Å². The number of benzene rings is 1. The van der Waals surface area contributed by atoms with Crippen LogP contribution in [0.3, 0.4) is 0 Å². The fourth-order valence-corrected chi connectivity index (χ4v) is 5.28. The maximum atomic E-state index is 12.4. The van der Waals surface area contributed by atoms with Crippen molar-refractivity contribution in [2.24, 2.45) is 0 Å². The summed E-state index contributed by atoms with van der Waals surface area (Å²) in [6.07, 6.45) is 3.22. The quantitative estimate of drug-likeness (QED) is 0.895. The van der Waals surface area contributed by atoms with Gasteiger partial charge in [0.1, 0.15) is 0 Å². The van der Waals surface area contributed by atoms with Crippen LogP contribution in [0, 0.1) is 0 Å². The van der Waals surface area contributed by atoms with Crippen molar-refractivity contribution in [1.29, 1.82) is 0 Å². The Kier molecular flexibility index (Phi) is 3.73. The van der Waals surface area contributed by atoms with Gasteiger partial charge in [-0.2, -0.15) is 11.8 Å². The van der Waals surface area contributed by atoms with E-state index >= 15 is 0 Å². The SMILES string of the molecule is CC1(CNS(=O)(=O)c2ccc3c(c2)NCC3)CCCS1. The minimum atomic E-state index is -3.41. The highest BCUT2D eigenvalue weighted by molar-refractivity contribution is 8.01. The van der Waals surface area contributed by atoms with E-state index in [1.54, 1.807) is 12.1 Å². The Balaban J connectivity index is 1.74. The number of thioether (sulfide) groups is 1. The molecular weight excluding hydrogens is 292 g/mol. The van der Waals surface area contributed by atoms with Crippen LogP contribution in [0.25, 0.3) is 0 Å². The fraction of sp³-hybridized carbons (Fsp3) is 0.571. The minimum absolute atomic E-state index is 0.0437. The number of fused-ring (bicyclic) bond motifs is 1. The van der Waals surface area contributed by atoms with Gasteiger partial charge in [-0.05, 0) is 49.6 Å². The van der Waals surface area contributed by atoms with E-state index in [9.17, 15) is 8.42 Å². The lowest BCUT2D eigenvalue weighted by molar-refractivity contribution is 0.552. The average Bonchev–Trinajstić information content (AvgIpc) is 3.05. The molecule has 1 unspecified atom stereocenters. The Hall–Kier alpha value is -0.720. The third kappa shape index (κ3) is 2.82. The van der Waals surface area contributed by atoms with Crippen LogP contribution in [0.15, 0.2) is 23.1 Å². The van der Waals surface area contributed by atoms with E-state index in [0.29, 0.717) is 11.4 Å². The molecule has 2 heterocycles. The lowest BCUT2D eigenvalue weighted by Crippen LogP contribution is -2.36. The lowest BCUT2D eigenvalue weighted by Gasteiger charge is -2.22. The molecule has 1 aromatic rings. The van der Waals surface area contributed by atoms with Gasteiger partial charge in [-0.15, -0.1) is 0 Å². The summed E-state index contributed by atoms with van der Waals surface area (Å²) < 4.78 is 27.6. The third-order valence-corrected chi connectivity index (χ3v) is 6.98. The second-order valence-corrected chi connectivity index (χ2v) is 9.17. The van der Waals surface area contributed by atoms with Crippen molar-refractivity contribution in [2.75, 3.05) is 24.2 Å². The molecule has 3 rings (SSSR count). The van der Waals surface area contributed by atoms with E-state index < -0.39 is 10.0 Å². The van der Waals surface area contributed by atoms with Crippen molar-refractivity contribution < 1.29 is 8.42 Å². The van der Waals surface area contributed by atoms with Crippen molar-refractivity contribution in [3.05, 3.63) is 23.8 Å². The van der Waals surface area contributed by atoms with Crippen molar-refractivity contribution in [3.63, 3.8) is 0 Å². The average molecular weight is 312 g/mol. The standard InChI is InChI=1S/C14H20N2O2S2/c1-14(6-2-8-19-14)10-16-20(17,18)12-4-3-11-5-7-15-13(11)9-12/h3-4,9,15-16H,2,5-8,10H2,1H3. The van der Waals surface area contributed by atoms with Gasteiger partial charge in [-0.25, -0.2) is 13.1 Å². The van der Waals surface area contributed by atoms with Crippen molar-refractivity contribution in [3.8, 4) is 0 Å². The molecule has 0 aromatic heterocycles. The summed E-state index contributed by atoms with van der Waals surface area (Å²) in [5.74, 6) is 1.13. The Morgan fingerprint density at radius 1 is 1.45 bits per heavy atom. The van der Waals surface area contributed by atoms with Gasteiger partial charge in [0.05, 0.1) is 4.90 Å². The number of hydrogen-bond donors (Lipinski definition) is 2. The monoisotopic (exact) mass is 312 g/mol. The Morgan fingerprint density at radius 3 is 3.05 bits per heavy atom. The van der Waals surface area contributed by atoms with Crippen molar-refractivity contribution >= 4 is 27.5 Å². The number of hydrogen-bond acceptors (Lipinski definition) is 4. The second-order valence-electron chi connectivity index (χ2n) is 5.72.